The molecule has 2 heterocycles. The van der Waals surface area contributed by atoms with Crippen LogP contribution in [0.5, 0.6) is 0 Å². The number of anilines is 1. The lowest BCUT2D eigenvalue weighted by atomic mass is 9.93. The molecule has 0 unspecified atom stereocenters. The van der Waals surface area contributed by atoms with Crippen LogP contribution in [0, 0.1) is 0 Å². The molecule has 1 aliphatic rings. The summed E-state index contributed by atoms with van der Waals surface area (Å²) in [4.78, 5) is 11.4. The zero-order valence-electron chi connectivity index (χ0n) is 8.43. The minimum atomic E-state index is 0.267. The second-order valence-corrected chi connectivity index (χ2v) is 5.17. The van der Waals surface area contributed by atoms with E-state index in [1.165, 1.54) is 19.3 Å². The van der Waals surface area contributed by atoms with Gasteiger partial charge in [-0.25, -0.2) is 4.98 Å². The Labute approximate surface area is 106 Å². The highest BCUT2D eigenvalue weighted by Crippen LogP contribution is 2.31. The Kier molecular flexibility index (Phi) is 2.52. The molecule has 1 aliphatic carbocycles. The molecule has 0 saturated heterocycles. The maximum absolute atomic E-state index is 5.88. The third-order valence-electron chi connectivity index (χ3n) is 2.90. The smallest absolute Gasteiger partial charge is 0.226 e. The number of aromatic amines is 1. The maximum Gasteiger partial charge on any atom is 0.226 e. The average Bonchev–Trinajstić information content (AvgIpc) is 2.53. The SMILES string of the molecule is Clc1nc(NC2CCC2)c2c(Br)c[nH]c2n1. The average molecular weight is 302 g/mol. The lowest BCUT2D eigenvalue weighted by Gasteiger charge is -2.27. The lowest BCUT2D eigenvalue weighted by Crippen LogP contribution is -2.27. The van der Waals surface area contributed by atoms with Gasteiger partial charge in [0.1, 0.15) is 11.5 Å². The molecule has 1 fully saturated rings. The first-order chi connectivity index (χ1) is 7.74. The Morgan fingerprint density at radius 3 is 2.94 bits per heavy atom. The van der Waals surface area contributed by atoms with Gasteiger partial charge in [-0.1, -0.05) is 0 Å². The summed E-state index contributed by atoms with van der Waals surface area (Å²) in [6.45, 7) is 0. The van der Waals surface area contributed by atoms with Crippen LogP contribution in [0.1, 0.15) is 19.3 Å². The van der Waals surface area contributed by atoms with Crippen molar-refractivity contribution in [1.82, 2.24) is 15.0 Å². The Hall–Kier alpha value is -0.810. The molecule has 16 heavy (non-hydrogen) atoms. The molecule has 0 aliphatic heterocycles. The molecule has 1 saturated carbocycles. The van der Waals surface area contributed by atoms with E-state index in [1.54, 1.807) is 0 Å². The van der Waals surface area contributed by atoms with E-state index in [1.807, 2.05) is 6.20 Å². The topological polar surface area (TPSA) is 53.6 Å². The quantitative estimate of drug-likeness (QED) is 0.837. The van der Waals surface area contributed by atoms with Crippen molar-refractivity contribution < 1.29 is 0 Å². The van der Waals surface area contributed by atoms with Crippen molar-refractivity contribution in [2.24, 2.45) is 0 Å². The van der Waals surface area contributed by atoms with Gasteiger partial charge in [-0.2, -0.15) is 4.98 Å². The van der Waals surface area contributed by atoms with Gasteiger partial charge in [0.15, 0.2) is 0 Å². The van der Waals surface area contributed by atoms with E-state index in [9.17, 15) is 0 Å². The fourth-order valence-electron chi connectivity index (χ4n) is 1.82. The van der Waals surface area contributed by atoms with Crippen molar-refractivity contribution in [2.45, 2.75) is 25.3 Å². The van der Waals surface area contributed by atoms with Crippen LogP contribution in [-0.2, 0) is 0 Å². The van der Waals surface area contributed by atoms with Crippen LogP contribution in [0.4, 0.5) is 5.82 Å². The number of rotatable bonds is 2. The number of nitrogens with one attached hydrogen (secondary N) is 2. The second kappa shape index (κ2) is 3.89. The van der Waals surface area contributed by atoms with E-state index in [4.69, 9.17) is 11.6 Å². The summed E-state index contributed by atoms with van der Waals surface area (Å²) < 4.78 is 0.959. The highest BCUT2D eigenvalue weighted by Gasteiger charge is 2.20. The van der Waals surface area contributed by atoms with Crippen LogP contribution in [0.2, 0.25) is 5.28 Å². The van der Waals surface area contributed by atoms with Gasteiger partial charge >= 0.3 is 0 Å². The molecule has 4 nitrogen and oxygen atoms in total. The number of H-pyrrole nitrogens is 1. The minimum absolute atomic E-state index is 0.267. The first-order valence-corrected chi connectivity index (χ1v) is 6.38. The summed E-state index contributed by atoms with van der Waals surface area (Å²) >= 11 is 9.36. The molecular formula is C10H10BrClN4. The minimum Gasteiger partial charge on any atom is -0.367 e. The van der Waals surface area contributed by atoms with Gasteiger partial charge in [-0.15, -0.1) is 0 Å². The predicted molar refractivity (Wildman–Crippen MR) is 67.9 cm³/mol. The molecule has 0 atom stereocenters. The summed E-state index contributed by atoms with van der Waals surface area (Å²) in [7, 11) is 0. The van der Waals surface area contributed by atoms with Crippen molar-refractivity contribution in [3.05, 3.63) is 16.0 Å². The number of nitrogens with zero attached hydrogens (tertiary/aromatic N) is 2. The number of hydrogen-bond acceptors (Lipinski definition) is 3. The molecule has 6 heteroatoms. The molecule has 2 aromatic heterocycles. The van der Waals surface area contributed by atoms with E-state index < -0.39 is 0 Å². The molecule has 84 valence electrons. The first kappa shape index (κ1) is 10.4. The molecule has 0 amide bonds. The second-order valence-electron chi connectivity index (χ2n) is 3.97. The number of aromatic nitrogens is 3. The third kappa shape index (κ3) is 1.68. The van der Waals surface area contributed by atoms with Crippen LogP contribution in [0.25, 0.3) is 11.0 Å². The Morgan fingerprint density at radius 1 is 1.44 bits per heavy atom. The third-order valence-corrected chi connectivity index (χ3v) is 3.70. The zero-order chi connectivity index (χ0) is 11.1. The van der Waals surface area contributed by atoms with Gasteiger partial charge in [0.2, 0.25) is 5.28 Å². The van der Waals surface area contributed by atoms with E-state index >= 15 is 0 Å². The fraction of sp³-hybridized carbons (Fsp3) is 0.400. The summed E-state index contributed by atoms with van der Waals surface area (Å²) in [6.07, 6.45) is 5.53. The predicted octanol–water partition coefficient (Wildman–Crippen LogP) is 3.34. The molecule has 0 bridgehead atoms. The summed E-state index contributed by atoms with van der Waals surface area (Å²) in [5.41, 5.74) is 0.758. The highest BCUT2D eigenvalue weighted by atomic mass is 79.9. The standard InChI is InChI=1S/C10H10BrClN4/c11-6-4-13-8-7(6)9(16-10(12)15-8)14-5-2-1-3-5/h4-5H,1-3H2,(H2,13,14,15,16). The Morgan fingerprint density at radius 2 is 2.25 bits per heavy atom. The maximum atomic E-state index is 5.88. The number of hydrogen-bond donors (Lipinski definition) is 2. The van der Waals surface area contributed by atoms with Gasteiger partial charge in [0, 0.05) is 16.7 Å². The lowest BCUT2D eigenvalue weighted by molar-refractivity contribution is 0.445. The van der Waals surface area contributed by atoms with Crippen LogP contribution in [0.15, 0.2) is 10.7 Å². The van der Waals surface area contributed by atoms with Gasteiger partial charge in [-0.05, 0) is 46.8 Å². The van der Waals surface area contributed by atoms with Crippen molar-refractivity contribution in [2.75, 3.05) is 5.32 Å². The van der Waals surface area contributed by atoms with E-state index in [2.05, 4.69) is 36.2 Å². The van der Waals surface area contributed by atoms with Crippen LogP contribution < -0.4 is 5.32 Å². The van der Waals surface area contributed by atoms with Gasteiger partial charge in [-0.3, -0.25) is 0 Å². The van der Waals surface area contributed by atoms with Gasteiger partial charge < -0.3 is 10.3 Å². The van der Waals surface area contributed by atoms with Gasteiger partial charge in [0.05, 0.1) is 5.39 Å². The molecule has 2 aromatic rings. The highest BCUT2D eigenvalue weighted by molar-refractivity contribution is 9.10. The molecule has 0 spiro atoms. The number of halogens is 2. The normalized spacial score (nSPS) is 16.4. The Bertz CT molecular complexity index is 535. The van der Waals surface area contributed by atoms with E-state index in [0.717, 1.165) is 21.3 Å². The summed E-state index contributed by atoms with van der Waals surface area (Å²) in [5.74, 6) is 0.813. The zero-order valence-corrected chi connectivity index (χ0v) is 10.8. The molecule has 0 radical (unpaired) electrons. The van der Waals surface area contributed by atoms with Gasteiger partial charge in [0.25, 0.3) is 0 Å². The monoisotopic (exact) mass is 300 g/mol. The number of fused-ring (bicyclic) bond motifs is 1. The molecule has 2 N–H and O–H groups in total. The molecular weight excluding hydrogens is 291 g/mol. The fourth-order valence-corrected chi connectivity index (χ4v) is 2.48. The molecule has 0 aromatic carbocycles. The first-order valence-electron chi connectivity index (χ1n) is 5.20. The van der Waals surface area contributed by atoms with E-state index in [0.29, 0.717) is 6.04 Å². The Balaban J connectivity index is 2.08. The van der Waals surface area contributed by atoms with E-state index in [-0.39, 0.29) is 5.28 Å². The molecule has 3 rings (SSSR count). The summed E-state index contributed by atoms with van der Waals surface area (Å²) in [6, 6.07) is 0.524. The van der Waals surface area contributed by atoms with Crippen LogP contribution >= 0.6 is 27.5 Å². The van der Waals surface area contributed by atoms with Crippen molar-refractivity contribution in [3.63, 3.8) is 0 Å². The van der Waals surface area contributed by atoms with Crippen LogP contribution in [-0.4, -0.2) is 21.0 Å². The summed E-state index contributed by atoms with van der Waals surface area (Å²) in [5, 5.41) is 4.64. The van der Waals surface area contributed by atoms with Crippen molar-refractivity contribution in [1.29, 1.82) is 0 Å². The van der Waals surface area contributed by atoms with Crippen molar-refractivity contribution in [3.8, 4) is 0 Å². The van der Waals surface area contributed by atoms with Crippen LogP contribution in [0.3, 0.4) is 0 Å². The largest absolute Gasteiger partial charge is 0.367 e. The van der Waals surface area contributed by atoms with Crippen molar-refractivity contribution >= 4 is 44.4 Å².